The second kappa shape index (κ2) is 12.9. The number of aromatic nitrogens is 1. The van der Waals surface area contributed by atoms with Gasteiger partial charge in [0.05, 0.1) is 13.5 Å². The molecular formula is C26H24ClF4N3O6. The molecule has 14 heteroatoms. The zero-order valence-electron chi connectivity index (χ0n) is 21.5. The minimum absolute atomic E-state index is 0.0325. The Morgan fingerprint density at radius 1 is 1.07 bits per heavy atom. The van der Waals surface area contributed by atoms with E-state index in [0.29, 0.717) is 10.4 Å². The second-order valence-corrected chi connectivity index (χ2v) is 9.01. The lowest BCUT2D eigenvalue weighted by Crippen LogP contribution is -2.49. The number of halogens is 5. The van der Waals surface area contributed by atoms with Gasteiger partial charge in [-0.05, 0) is 30.0 Å². The number of ketones is 1. The fourth-order valence-electron chi connectivity index (χ4n) is 3.82. The molecule has 0 saturated carbocycles. The molecule has 0 radical (unpaired) electrons. The zero-order valence-corrected chi connectivity index (χ0v) is 22.2. The zero-order chi connectivity index (χ0) is 29.7. The summed E-state index contributed by atoms with van der Waals surface area (Å²) >= 11 is 6.01. The van der Waals surface area contributed by atoms with Gasteiger partial charge in [-0.1, -0.05) is 24.6 Å². The van der Waals surface area contributed by atoms with Crippen LogP contribution in [0.2, 0.25) is 5.02 Å². The first-order valence-electron chi connectivity index (χ1n) is 11.8. The molecule has 0 aliphatic rings. The van der Waals surface area contributed by atoms with Gasteiger partial charge in [0, 0.05) is 29.7 Å². The minimum Gasteiger partial charge on any atom is -0.479 e. The third-order valence-electron chi connectivity index (χ3n) is 6.06. The van der Waals surface area contributed by atoms with Crippen LogP contribution in [0.3, 0.4) is 0 Å². The van der Waals surface area contributed by atoms with E-state index in [9.17, 15) is 36.7 Å². The van der Waals surface area contributed by atoms with E-state index in [4.69, 9.17) is 21.2 Å². The van der Waals surface area contributed by atoms with Crippen LogP contribution in [-0.4, -0.2) is 54.0 Å². The van der Waals surface area contributed by atoms with E-state index in [2.05, 4.69) is 5.32 Å². The summed E-state index contributed by atoms with van der Waals surface area (Å²) in [4.78, 5) is 56.6. The number of ether oxygens (including phenoxy) is 1. The molecule has 3 aromatic rings. The Kier molecular flexibility index (Phi) is 9.88. The Morgan fingerprint density at radius 2 is 1.73 bits per heavy atom. The number of carbonyl (C=O) groups excluding carboxylic acids is 3. The average molecular weight is 586 g/mol. The van der Waals surface area contributed by atoms with E-state index >= 15 is 0 Å². The first-order valence-corrected chi connectivity index (χ1v) is 12.2. The molecule has 0 spiro atoms. The summed E-state index contributed by atoms with van der Waals surface area (Å²) in [5.74, 6) is -11.4. The van der Waals surface area contributed by atoms with Crippen LogP contribution in [0.25, 0.3) is 10.8 Å². The number of hydrogen-bond donors (Lipinski definition) is 1. The topological polar surface area (TPSA) is 107 Å². The monoisotopic (exact) mass is 585 g/mol. The van der Waals surface area contributed by atoms with Gasteiger partial charge in [-0.25, -0.2) is 13.8 Å². The van der Waals surface area contributed by atoms with Crippen molar-refractivity contribution in [3.63, 3.8) is 0 Å². The highest BCUT2D eigenvalue weighted by Gasteiger charge is 2.30. The van der Waals surface area contributed by atoms with Crippen LogP contribution in [0.15, 0.2) is 41.3 Å². The molecule has 0 saturated heterocycles. The van der Waals surface area contributed by atoms with Crippen LogP contribution in [-0.2, 0) is 19.2 Å². The van der Waals surface area contributed by atoms with Crippen LogP contribution in [0.1, 0.15) is 25.8 Å². The van der Waals surface area contributed by atoms with Crippen LogP contribution in [0.4, 0.5) is 17.6 Å². The fraction of sp³-hybridized carbons (Fsp3) is 0.308. The highest BCUT2D eigenvalue weighted by Crippen LogP contribution is 2.26. The standard InChI is InChI=1S/C26H24ClF4N3O6/c1-4-19(34-8-7-13-5-6-14(27)9-15(13)26(34)38)25(37)32-18(11-21(36)33(2)39-3)20(35)12-40-24-22(30)16(28)10-17(29)23(24)31/h5-10,18-19H,4,11-12H2,1-3H3,(H,32,37)/t18?,19-/m0/s1. The third kappa shape index (κ3) is 6.59. The van der Waals surface area contributed by atoms with Gasteiger partial charge in [-0.2, -0.15) is 8.78 Å². The Hall–Kier alpha value is -3.97. The number of amides is 2. The predicted octanol–water partition coefficient (Wildman–Crippen LogP) is 3.71. The highest BCUT2D eigenvalue weighted by atomic mass is 35.5. The van der Waals surface area contributed by atoms with Crippen molar-refractivity contribution in [1.29, 1.82) is 0 Å². The van der Waals surface area contributed by atoms with Crippen molar-refractivity contribution >= 4 is 40.0 Å². The second-order valence-electron chi connectivity index (χ2n) is 8.58. The first-order chi connectivity index (χ1) is 18.9. The molecule has 0 aliphatic carbocycles. The number of Topliss-reactive ketones (excluding diaryl/α,β-unsaturated/α-hetero) is 1. The molecule has 2 amide bonds. The summed E-state index contributed by atoms with van der Waals surface area (Å²) in [6.07, 6.45) is 0.791. The predicted molar refractivity (Wildman–Crippen MR) is 136 cm³/mol. The van der Waals surface area contributed by atoms with Gasteiger partial charge < -0.3 is 14.6 Å². The highest BCUT2D eigenvalue weighted by molar-refractivity contribution is 6.31. The van der Waals surface area contributed by atoms with Crippen molar-refractivity contribution in [2.45, 2.75) is 31.8 Å². The number of rotatable bonds is 11. The quantitative estimate of drug-likeness (QED) is 0.209. The van der Waals surface area contributed by atoms with Gasteiger partial charge in [0.25, 0.3) is 5.56 Å². The van der Waals surface area contributed by atoms with Crippen molar-refractivity contribution in [2.75, 3.05) is 20.8 Å². The van der Waals surface area contributed by atoms with Gasteiger partial charge in [-0.15, -0.1) is 0 Å². The van der Waals surface area contributed by atoms with Gasteiger partial charge >= 0.3 is 0 Å². The molecule has 0 aliphatic heterocycles. The molecule has 3 rings (SSSR count). The van der Waals surface area contributed by atoms with E-state index in [1.54, 1.807) is 25.1 Å². The van der Waals surface area contributed by atoms with Crippen molar-refractivity contribution < 1.29 is 41.5 Å². The molecule has 0 bridgehead atoms. The molecule has 1 unspecified atom stereocenters. The van der Waals surface area contributed by atoms with E-state index in [1.165, 1.54) is 26.4 Å². The average Bonchev–Trinajstić information content (AvgIpc) is 2.92. The van der Waals surface area contributed by atoms with E-state index < -0.39 is 77.3 Å². The lowest BCUT2D eigenvalue weighted by molar-refractivity contribution is -0.169. The maximum Gasteiger partial charge on any atom is 0.259 e. The van der Waals surface area contributed by atoms with Crippen LogP contribution in [0.5, 0.6) is 5.75 Å². The minimum atomic E-state index is -1.87. The summed E-state index contributed by atoms with van der Waals surface area (Å²) in [5.41, 5.74) is -0.539. The van der Waals surface area contributed by atoms with Crippen molar-refractivity contribution in [3.05, 3.63) is 75.2 Å². The molecule has 1 N–H and O–H groups in total. The van der Waals surface area contributed by atoms with Gasteiger partial charge in [0.2, 0.25) is 23.4 Å². The Labute approximate surface area is 230 Å². The van der Waals surface area contributed by atoms with Crippen molar-refractivity contribution in [3.8, 4) is 5.75 Å². The Bertz CT molecular complexity index is 1490. The summed E-state index contributed by atoms with van der Waals surface area (Å²) in [5, 5.41) is 4.25. The smallest absolute Gasteiger partial charge is 0.259 e. The maximum atomic E-state index is 14.0. The largest absolute Gasteiger partial charge is 0.479 e. The summed E-state index contributed by atoms with van der Waals surface area (Å²) < 4.78 is 60.8. The molecule has 1 aromatic heterocycles. The van der Waals surface area contributed by atoms with Crippen molar-refractivity contribution in [2.24, 2.45) is 0 Å². The number of benzene rings is 2. The number of hydrogen-bond acceptors (Lipinski definition) is 6. The molecule has 2 atom stereocenters. The summed E-state index contributed by atoms with van der Waals surface area (Å²) in [6, 6.07) is 3.45. The number of carbonyl (C=O) groups is 3. The van der Waals surface area contributed by atoms with Gasteiger partial charge in [-0.3, -0.25) is 24.0 Å². The lowest BCUT2D eigenvalue weighted by atomic mass is 10.1. The Balaban J connectivity index is 1.89. The molecule has 1 heterocycles. The molecule has 214 valence electrons. The molecule has 0 fully saturated rings. The van der Waals surface area contributed by atoms with Gasteiger partial charge in [0.1, 0.15) is 18.7 Å². The number of fused-ring (bicyclic) bond motifs is 1. The molecule has 2 aromatic carbocycles. The van der Waals surface area contributed by atoms with Gasteiger partial charge in [0.15, 0.2) is 23.2 Å². The Morgan fingerprint density at radius 3 is 2.33 bits per heavy atom. The first kappa shape index (κ1) is 30.6. The summed E-state index contributed by atoms with van der Waals surface area (Å²) in [6.45, 7) is 0.434. The van der Waals surface area contributed by atoms with Crippen LogP contribution >= 0.6 is 11.6 Å². The molecular weight excluding hydrogens is 562 g/mol. The van der Waals surface area contributed by atoms with Crippen molar-refractivity contribution in [1.82, 2.24) is 14.9 Å². The van der Waals surface area contributed by atoms with E-state index in [-0.39, 0.29) is 17.9 Å². The summed E-state index contributed by atoms with van der Waals surface area (Å²) in [7, 11) is 2.41. The van der Waals surface area contributed by atoms with Crippen LogP contribution < -0.4 is 15.6 Å². The normalized spacial score (nSPS) is 12.6. The number of pyridine rings is 1. The maximum absolute atomic E-state index is 14.0. The number of hydroxylamine groups is 2. The lowest BCUT2D eigenvalue weighted by Gasteiger charge is -2.24. The van der Waals surface area contributed by atoms with E-state index in [1.807, 2.05) is 0 Å². The van der Waals surface area contributed by atoms with E-state index in [0.717, 1.165) is 9.63 Å². The SMILES string of the molecule is CC[C@@H](C(=O)NC(CC(=O)N(C)OC)C(=O)COc1c(F)c(F)cc(F)c1F)n1ccc2ccc(Cl)cc2c1=O. The molecule has 9 nitrogen and oxygen atoms in total. The number of nitrogens with one attached hydrogen (secondary N) is 1. The molecule has 40 heavy (non-hydrogen) atoms. The third-order valence-corrected chi connectivity index (χ3v) is 6.29. The fourth-order valence-corrected chi connectivity index (χ4v) is 3.99. The number of nitrogens with zero attached hydrogens (tertiary/aromatic N) is 2. The van der Waals surface area contributed by atoms with Crippen LogP contribution in [0, 0.1) is 23.3 Å².